The summed E-state index contributed by atoms with van der Waals surface area (Å²) in [4.78, 5) is 0. The highest BCUT2D eigenvalue weighted by atomic mass is 79.9. The van der Waals surface area contributed by atoms with E-state index in [0.29, 0.717) is 22.1 Å². The second-order valence-electron chi connectivity index (χ2n) is 4.34. The van der Waals surface area contributed by atoms with Crippen LogP contribution < -0.4 is 0 Å². The van der Waals surface area contributed by atoms with Crippen LogP contribution in [0.1, 0.15) is 25.5 Å². The zero-order valence-electron chi connectivity index (χ0n) is 9.50. The molecule has 0 spiro atoms. The molecule has 3 rings (SSSR count). The summed E-state index contributed by atoms with van der Waals surface area (Å²) in [6.45, 7) is 0.674. The lowest BCUT2D eigenvalue weighted by Gasteiger charge is -2.23. The zero-order chi connectivity index (χ0) is 12.7. The van der Waals surface area contributed by atoms with Crippen LogP contribution in [0.3, 0.4) is 0 Å². The van der Waals surface area contributed by atoms with E-state index in [1.807, 2.05) is 0 Å². The molecule has 0 radical (unpaired) electrons. The second-order valence-corrected chi connectivity index (χ2v) is 5.09. The van der Waals surface area contributed by atoms with Crippen LogP contribution in [0, 0.1) is 11.6 Å². The maximum atomic E-state index is 13.3. The largest absolute Gasteiger partial charge is 0.356 e. The van der Waals surface area contributed by atoms with E-state index < -0.39 is 11.6 Å². The minimum absolute atomic E-state index is 0.197. The van der Waals surface area contributed by atoms with Gasteiger partial charge in [0, 0.05) is 18.1 Å². The average Bonchev–Trinajstić information content (AvgIpc) is 2.69. The van der Waals surface area contributed by atoms with Gasteiger partial charge in [0.2, 0.25) is 0 Å². The summed E-state index contributed by atoms with van der Waals surface area (Å²) in [7, 11) is 0. The molecule has 0 N–H and O–H groups in total. The summed E-state index contributed by atoms with van der Waals surface area (Å²) in [6, 6.07) is 2.32. The van der Waals surface area contributed by atoms with Gasteiger partial charge < -0.3 is 4.74 Å². The molecule has 1 aliphatic rings. The van der Waals surface area contributed by atoms with Crippen LogP contribution in [0.4, 0.5) is 8.78 Å². The van der Waals surface area contributed by atoms with Crippen molar-refractivity contribution in [3.63, 3.8) is 0 Å². The molecule has 18 heavy (non-hydrogen) atoms. The highest BCUT2D eigenvalue weighted by Gasteiger charge is 2.21. The summed E-state index contributed by atoms with van der Waals surface area (Å²) in [5.74, 6) is -1.74. The Hall–Kier alpha value is -1.01. The third-order valence-electron chi connectivity index (χ3n) is 3.13. The molecule has 1 aliphatic heterocycles. The zero-order valence-corrected chi connectivity index (χ0v) is 11.1. The number of nitrogens with zero attached hydrogens (tertiary/aromatic N) is 2. The second kappa shape index (κ2) is 4.59. The van der Waals surface area contributed by atoms with Gasteiger partial charge in [0.25, 0.3) is 0 Å². The lowest BCUT2D eigenvalue weighted by molar-refractivity contribution is -0.0368. The highest BCUT2D eigenvalue weighted by Crippen LogP contribution is 2.31. The van der Waals surface area contributed by atoms with Gasteiger partial charge in [0.15, 0.2) is 17.9 Å². The minimum Gasteiger partial charge on any atom is -0.356 e. The molecule has 0 amide bonds. The Balaban J connectivity index is 2.14. The van der Waals surface area contributed by atoms with E-state index >= 15 is 0 Å². The molecule has 96 valence electrons. The van der Waals surface area contributed by atoms with E-state index in [0.717, 1.165) is 25.3 Å². The van der Waals surface area contributed by atoms with E-state index in [9.17, 15) is 8.78 Å². The molecule has 1 unspecified atom stereocenters. The SMILES string of the molecule is Fc1cc2c(Br)nn(C3CCCCO3)c2cc1F. The summed E-state index contributed by atoms with van der Waals surface area (Å²) in [5, 5.41) is 4.83. The van der Waals surface area contributed by atoms with Crippen molar-refractivity contribution in [2.24, 2.45) is 0 Å². The molecule has 1 fully saturated rings. The van der Waals surface area contributed by atoms with E-state index in [-0.39, 0.29) is 6.23 Å². The van der Waals surface area contributed by atoms with Gasteiger partial charge in [-0.2, -0.15) is 5.10 Å². The smallest absolute Gasteiger partial charge is 0.161 e. The fraction of sp³-hybridized carbons (Fsp3) is 0.417. The van der Waals surface area contributed by atoms with Crippen molar-refractivity contribution >= 4 is 26.8 Å². The standard InChI is InChI=1S/C12H11BrF2N2O/c13-12-7-5-8(14)9(15)6-10(7)17(16-12)11-3-1-2-4-18-11/h5-6,11H,1-4H2. The Morgan fingerprint density at radius 3 is 2.78 bits per heavy atom. The quantitative estimate of drug-likeness (QED) is 0.800. The van der Waals surface area contributed by atoms with Crippen molar-refractivity contribution in [1.82, 2.24) is 9.78 Å². The molecule has 1 aromatic carbocycles. The van der Waals surface area contributed by atoms with Gasteiger partial charge in [-0.25, -0.2) is 13.5 Å². The van der Waals surface area contributed by atoms with Crippen LogP contribution in [0.2, 0.25) is 0 Å². The molecule has 1 atom stereocenters. The summed E-state index contributed by atoms with van der Waals surface area (Å²) in [5.41, 5.74) is 0.549. The number of aromatic nitrogens is 2. The average molecular weight is 317 g/mol. The monoisotopic (exact) mass is 316 g/mol. The Kier molecular flexibility index (Phi) is 3.07. The first-order valence-electron chi connectivity index (χ1n) is 5.81. The normalized spacial score (nSPS) is 20.5. The molecule has 0 saturated carbocycles. The van der Waals surface area contributed by atoms with E-state index in [1.165, 1.54) is 6.07 Å². The van der Waals surface area contributed by atoms with E-state index in [2.05, 4.69) is 21.0 Å². The maximum absolute atomic E-state index is 13.3. The topological polar surface area (TPSA) is 27.1 Å². The molecular weight excluding hydrogens is 306 g/mol. The highest BCUT2D eigenvalue weighted by molar-refractivity contribution is 9.10. The lowest BCUT2D eigenvalue weighted by atomic mass is 10.2. The summed E-state index contributed by atoms with van der Waals surface area (Å²) >= 11 is 3.27. The number of benzene rings is 1. The van der Waals surface area contributed by atoms with Gasteiger partial charge in [0.05, 0.1) is 5.52 Å². The van der Waals surface area contributed by atoms with E-state index in [4.69, 9.17) is 4.74 Å². The maximum Gasteiger partial charge on any atom is 0.161 e. The number of rotatable bonds is 1. The van der Waals surface area contributed by atoms with Crippen LogP contribution in [0.5, 0.6) is 0 Å². The first kappa shape index (κ1) is 12.0. The van der Waals surface area contributed by atoms with Crippen molar-refractivity contribution in [2.75, 3.05) is 6.61 Å². The van der Waals surface area contributed by atoms with Crippen LogP contribution in [0.25, 0.3) is 10.9 Å². The van der Waals surface area contributed by atoms with Gasteiger partial charge >= 0.3 is 0 Å². The first-order valence-corrected chi connectivity index (χ1v) is 6.60. The van der Waals surface area contributed by atoms with Gasteiger partial charge in [-0.15, -0.1) is 0 Å². The van der Waals surface area contributed by atoms with Gasteiger partial charge in [0.1, 0.15) is 4.60 Å². The predicted octanol–water partition coefficient (Wildman–Crippen LogP) is 3.78. The number of hydrogen-bond acceptors (Lipinski definition) is 2. The van der Waals surface area contributed by atoms with Crippen molar-refractivity contribution in [2.45, 2.75) is 25.5 Å². The van der Waals surface area contributed by atoms with Crippen LogP contribution >= 0.6 is 15.9 Å². The van der Waals surface area contributed by atoms with Crippen molar-refractivity contribution in [1.29, 1.82) is 0 Å². The molecule has 0 bridgehead atoms. The number of halogens is 3. The number of ether oxygens (including phenoxy) is 1. The molecule has 1 saturated heterocycles. The van der Waals surface area contributed by atoms with Crippen LogP contribution in [-0.4, -0.2) is 16.4 Å². The molecule has 3 nitrogen and oxygen atoms in total. The summed E-state index contributed by atoms with van der Waals surface area (Å²) in [6.07, 6.45) is 2.72. The predicted molar refractivity (Wildman–Crippen MR) is 66.2 cm³/mol. The third kappa shape index (κ3) is 1.93. The lowest BCUT2D eigenvalue weighted by Crippen LogP contribution is -2.19. The van der Waals surface area contributed by atoms with Gasteiger partial charge in [-0.05, 0) is 41.3 Å². The Morgan fingerprint density at radius 2 is 2.06 bits per heavy atom. The number of fused-ring (bicyclic) bond motifs is 1. The number of hydrogen-bond donors (Lipinski definition) is 0. The molecule has 0 aliphatic carbocycles. The van der Waals surface area contributed by atoms with E-state index in [1.54, 1.807) is 4.68 Å². The molecule has 2 aromatic rings. The fourth-order valence-corrected chi connectivity index (χ4v) is 2.72. The Labute approximate surface area is 111 Å². The molecule has 2 heterocycles. The third-order valence-corrected chi connectivity index (χ3v) is 3.72. The molecular formula is C12H11BrF2N2O. The Morgan fingerprint density at radius 1 is 1.28 bits per heavy atom. The van der Waals surface area contributed by atoms with Crippen molar-refractivity contribution in [3.8, 4) is 0 Å². The summed E-state index contributed by atoms with van der Waals surface area (Å²) < 4.78 is 34.3. The molecule has 1 aromatic heterocycles. The van der Waals surface area contributed by atoms with Crippen LogP contribution in [0.15, 0.2) is 16.7 Å². The fourth-order valence-electron chi connectivity index (χ4n) is 2.23. The van der Waals surface area contributed by atoms with Crippen LogP contribution in [-0.2, 0) is 4.74 Å². The van der Waals surface area contributed by atoms with Gasteiger partial charge in [-0.3, -0.25) is 0 Å². The molecule has 6 heteroatoms. The van der Waals surface area contributed by atoms with Gasteiger partial charge in [-0.1, -0.05) is 0 Å². The van der Waals surface area contributed by atoms with Crippen molar-refractivity contribution in [3.05, 3.63) is 28.4 Å². The Bertz CT molecular complexity index is 593. The minimum atomic E-state index is -0.869. The first-order chi connectivity index (χ1) is 8.66. The van der Waals surface area contributed by atoms with Crippen molar-refractivity contribution < 1.29 is 13.5 Å².